The van der Waals surface area contributed by atoms with Gasteiger partial charge in [0, 0.05) is 18.4 Å². The van der Waals surface area contributed by atoms with Gasteiger partial charge in [0.15, 0.2) is 5.16 Å². The first-order valence-corrected chi connectivity index (χ1v) is 7.30. The monoisotopic (exact) mass is 268 g/mol. The number of carboxylic acids is 1. The lowest BCUT2D eigenvalue weighted by molar-refractivity contribution is -0.133. The van der Waals surface area contributed by atoms with Crippen LogP contribution in [0.4, 0.5) is 0 Å². The molecule has 0 aliphatic heterocycles. The van der Waals surface area contributed by atoms with E-state index in [2.05, 4.69) is 23.4 Å². The van der Waals surface area contributed by atoms with Gasteiger partial charge < -0.3 is 9.67 Å². The van der Waals surface area contributed by atoms with Crippen LogP contribution < -0.4 is 0 Å². The molecule has 2 rings (SSSR count). The summed E-state index contributed by atoms with van der Waals surface area (Å²) in [5.74, 6) is -0.0562. The largest absolute Gasteiger partial charge is 0.481 e. The number of hydrogen-bond donors (Lipinski definition) is 1. The van der Waals surface area contributed by atoms with Crippen molar-refractivity contribution in [3.8, 4) is 0 Å². The zero-order valence-corrected chi connectivity index (χ0v) is 12.0. The molecular weight excluding hydrogens is 248 g/mol. The average molecular weight is 268 g/mol. The van der Waals surface area contributed by atoms with Gasteiger partial charge in [-0.2, -0.15) is 0 Å². The third kappa shape index (κ3) is 2.71. The molecule has 1 N–H and O–H groups in total. The van der Waals surface area contributed by atoms with Crippen LogP contribution in [-0.4, -0.2) is 26.4 Å². The minimum absolute atomic E-state index is 0.0745. The number of carbonyl (C=O) groups is 1. The van der Waals surface area contributed by atoms with Crippen molar-refractivity contribution in [3.05, 3.63) is 11.9 Å². The van der Waals surface area contributed by atoms with E-state index in [1.165, 1.54) is 24.6 Å². The van der Waals surface area contributed by atoms with Gasteiger partial charge in [0.2, 0.25) is 0 Å². The highest BCUT2D eigenvalue weighted by Gasteiger charge is 2.45. The van der Waals surface area contributed by atoms with Crippen molar-refractivity contribution in [2.24, 2.45) is 11.3 Å². The minimum atomic E-state index is -0.794. The molecule has 0 spiro atoms. The van der Waals surface area contributed by atoms with E-state index in [9.17, 15) is 4.79 Å². The van der Waals surface area contributed by atoms with Crippen LogP contribution in [0.25, 0.3) is 0 Å². The highest BCUT2D eigenvalue weighted by Crippen LogP contribution is 2.53. The van der Waals surface area contributed by atoms with Gasteiger partial charge in [-0.3, -0.25) is 4.79 Å². The first-order chi connectivity index (χ1) is 8.44. The number of aryl methyl sites for hydroxylation is 1. The number of thioether (sulfide) groups is 1. The summed E-state index contributed by atoms with van der Waals surface area (Å²) in [6, 6.07) is 0. The van der Waals surface area contributed by atoms with Crippen LogP contribution in [-0.2, 0) is 11.3 Å². The molecule has 0 atom stereocenters. The summed E-state index contributed by atoms with van der Waals surface area (Å²) in [6.07, 6.45) is 4.37. The Hall–Kier alpha value is -0.970. The number of aromatic nitrogens is 2. The molecule has 1 aliphatic rings. The van der Waals surface area contributed by atoms with Crippen LogP contribution >= 0.6 is 11.8 Å². The molecule has 1 fully saturated rings. The zero-order valence-electron chi connectivity index (χ0n) is 11.1. The van der Waals surface area contributed by atoms with E-state index in [1.54, 1.807) is 0 Å². The lowest BCUT2D eigenvalue weighted by atomic mass is 9.92. The van der Waals surface area contributed by atoms with Crippen LogP contribution in [0.5, 0.6) is 0 Å². The predicted molar refractivity (Wildman–Crippen MR) is 71.8 cm³/mol. The first-order valence-electron chi connectivity index (χ1n) is 6.31. The molecule has 5 heteroatoms. The van der Waals surface area contributed by atoms with E-state index >= 15 is 0 Å². The molecule has 1 saturated carbocycles. The van der Waals surface area contributed by atoms with E-state index in [4.69, 9.17) is 5.11 Å². The van der Waals surface area contributed by atoms with Crippen LogP contribution in [0.2, 0.25) is 0 Å². The van der Waals surface area contributed by atoms with Crippen LogP contribution in [0.1, 0.15) is 32.4 Å². The highest BCUT2D eigenvalue weighted by atomic mass is 32.2. The number of aliphatic carboxylic acids is 1. The summed E-state index contributed by atoms with van der Waals surface area (Å²) in [5.41, 5.74) is 1.53. The van der Waals surface area contributed by atoms with Crippen LogP contribution in [0.3, 0.4) is 0 Å². The average Bonchev–Trinajstić information content (AvgIpc) is 3.00. The van der Waals surface area contributed by atoms with Gasteiger partial charge in [-0.1, -0.05) is 25.6 Å². The van der Waals surface area contributed by atoms with Crippen molar-refractivity contribution < 1.29 is 9.90 Å². The van der Waals surface area contributed by atoms with Crippen molar-refractivity contribution in [2.45, 2.75) is 45.3 Å². The molecular formula is C13H20N2O2S. The second-order valence-electron chi connectivity index (χ2n) is 5.47. The quantitative estimate of drug-likeness (QED) is 0.806. The summed E-state index contributed by atoms with van der Waals surface area (Å²) in [6.45, 7) is 7.54. The Morgan fingerprint density at radius 2 is 2.28 bits per heavy atom. The van der Waals surface area contributed by atoms with Gasteiger partial charge in [-0.05, 0) is 31.1 Å². The van der Waals surface area contributed by atoms with Gasteiger partial charge in [-0.15, -0.1) is 0 Å². The zero-order chi connectivity index (χ0) is 13.3. The summed E-state index contributed by atoms with van der Waals surface area (Å²) >= 11 is 1.31. The van der Waals surface area contributed by atoms with E-state index in [1.807, 2.05) is 13.1 Å². The van der Waals surface area contributed by atoms with E-state index < -0.39 is 5.97 Å². The summed E-state index contributed by atoms with van der Waals surface area (Å²) in [4.78, 5) is 15.0. The van der Waals surface area contributed by atoms with Gasteiger partial charge >= 0.3 is 5.97 Å². The second kappa shape index (κ2) is 4.96. The molecule has 0 bridgehead atoms. The lowest BCUT2D eigenvalue weighted by Gasteiger charge is -2.22. The maximum atomic E-state index is 10.6. The maximum absolute atomic E-state index is 10.6. The third-order valence-corrected chi connectivity index (χ3v) is 4.91. The van der Waals surface area contributed by atoms with Crippen molar-refractivity contribution in [1.82, 2.24) is 9.55 Å². The second-order valence-corrected chi connectivity index (χ2v) is 6.41. The van der Waals surface area contributed by atoms with Crippen molar-refractivity contribution >= 4 is 17.7 Å². The molecule has 0 radical (unpaired) electrons. The number of rotatable bonds is 6. The molecule has 0 unspecified atom stereocenters. The third-order valence-electron chi connectivity index (χ3n) is 3.93. The topological polar surface area (TPSA) is 55.1 Å². The van der Waals surface area contributed by atoms with Crippen LogP contribution in [0, 0.1) is 18.3 Å². The number of nitrogens with zero attached hydrogens (tertiary/aromatic N) is 2. The standard InChI is InChI=1S/C13H20N2O2S/c1-9(2)13(4-5-13)8-15-10(3)6-14-12(15)18-7-11(16)17/h6,9H,4-5,7-8H2,1-3H3,(H,16,17). The Bertz CT molecular complexity index is 450. The number of carboxylic acid groups (broad SMARTS) is 1. The maximum Gasteiger partial charge on any atom is 0.313 e. The fraction of sp³-hybridized carbons (Fsp3) is 0.692. The first kappa shape index (κ1) is 13.5. The Morgan fingerprint density at radius 3 is 2.78 bits per heavy atom. The van der Waals surface area contributed by atoms with Crippen molar-refractivity contribution in [3.63, 3.8) is 0 Å². The molecule has 1 heterocycles. The van der Waals surface area contributed by atoms with Gasteiger partial charge in [0.1, 0.15) is 0 Å². The van der Waals surface area contributed by atoms with Gasteiger partial charge in [0.25, 0.3) is 0 Å². The number of hydrogen-bond acceptors (Lipinski definition) is 3. The van der Waals surface area contributed by atoms with Crippen molar-refractivity contribution in [2.75, 3.05) is 5.75 Å². The molecule has 100 valence electrons. The molecule has 1 aliphatic carbocycles. The Labute approximate surface area is 112 Å². The molecule has 0 saturated heterocycles. The summed E-state index contributed by atoms with van der Waals surface area (Å²) < 4.78 is 2.18. The molecule has 0 aromatic carbocycles. The smallest absolute Gasteiger partial charge is 0.313 e. The molecule has 1 aromatic heterocycles. The van der Waals surface area contributed by atoms with E-state index in [0.717, 1.165) is 17.4 Å². The van der Waals surface area contributed by atoms with Crippen LogP contribution in [0.15, 0.2) is 11.4 Å². The summed E-state index contributed by atoms with van der Waals surface area (Å²) in [5, 5.41) is 9.58. The van der Waals surface area contributed by atoms with E-state index in [0.29, 0.717) is 11.3 Å². The summed E-state index contributed by atoms with van der Waals surface area (Å²) in [7, 11) is 0. The van der Waals surface area contributed by atoms with Gasteiger partial charge in [0.05, 0.1) is 5.75 Å². The molecule has 1 aromatic rings. The normalized spacial score (nSPS) is 17.1. The predicted octanol–water partition coefficient (Wildman–Crippen LogP) is 2.80. The fourth-order valence-corrected chi connectivity index (χ4v) is 3.01. The fourth-order valence-electron chi connectivity index (χ4n) is 2.27. The highest BCUT2D eigenvalue weighted by molar-refractivity contribution is 7.99. The molecule has 0 amide bonds. The SMILES string of the molecule is Cc1cnc(SCC(=O)O)n1CC1(C(C)C)CC1. The Kier molecular flexibility index (Phi) is 3.71. The Morgan fingerprint density at radius 1 is 1.61 bits per heavy atom. The minimum Gasteiger partial charge on any atom is -0.481 e. The van der Waals surface area contributed by atoms with E-state index in [-0.39, 0.29) is 5.75 Å². The number of imidazole rings is 1. The Balaban J connectivity index is 2.12. The van der Waals surface area contributed by atoms with Gasteiger partial charge in [-0.25, -0.2) is 4.98 Å². The van der Waals surface area contributed by atoms with Crippen molar-refractivity contribution in [1.29, 1.82) is 0 Å². The molecule has 18 heavy (non-hydrogen) atoms. The molecule has 4 nitrogen and oxygen atoms in total. The lowest BCUT2D eigenvalue weighted by Crippen LogP contribution is -2.19.